The van der Waals surface area contributed by atoms with Crippen molar-refractivity contribution in [2.24, 2.45) is 0 Å². The van der Waals surface area contributed by atoms with E-state index in [2.05, 4.69) is 30.6 Å². The zero-order valence-corrected chi connectivity index (χ0v) is 14.8. The van der Waals surface area contributed by atoms with Crippen LogP contribution in [0.1, 0.15) is 11.4 Å². The molecular formula is C16H19F3N6O3. The molecule has 28 heavy (non-hydrogen) atoms. The van der Waals surface area contributed by atoms with Gasteiger partial charge in [0.1, 0.15) is 24.1 Å². The third-order valence-electron chi connectivity index (χ3n) is 4.15. The first-order valence-electron chi connectivity index (χ1n) is 8.41. The van der Waals surface area contributed by atoms with E-state index >= 15 is 0 Å². The molecule has 0 bridgehead atoms. The van der Waals surface area contributed by atoms with Crippen LogP contribution >= 0.6 is 0 Å². The zero-order valence-electron chi connectivity index (χ0n) is 14.8. The number of rotatable bonds is 5. The van der Waals surface area contributed by atoms with E-state index in [0.717, 1.165) is 11.9 Å². The number of aromatic nitrogens is 4. The maximum absolute atomic E-state index is 12.7. The van der Waals surface area contributed by atoms with E-state index in [0.29, 0.717) is 12.1 Å². The van der Waals surface area contributed by atoms with Gasteiger partial charge in [0.25, 0.3) is 0 Å². The third-order valence-corrected chi connectivity index (χ3v) is 4.15. The van der Waals surface area contributed by atoms with Gasteiger partial charge in [-0.25, -0.2) is 15.0 Å². The lowest BCUT2D eigenvalue weighted by Gasteiger charge is -2.38. The fourth-order valence-corrected chi connectivity index (χ4v) is 2.68. The summed E-state index contributed by atoms with van der Waals surface area (Å²) in [6.07, 6.45) is -4.71. The molecule has 12 heteroatoms. The number of aryl methyl sites for hydroxylation is 1. The molecule has 0 radical (unpaired) electrons. The van der Waals surface area contributed by atoms with E-state index in [1.807, 2.05) is 0 Å². The number of alkyl halides is 3. The Balaban J connectivity index is 1.59. The average molecular weight is 400 g/mol. The Kier molecular flexibility index (Phi) is 5.91. The summed E-state index contributed by atoms with van der Waals surface area (Å²) in [5.41, 5.74) is -0.404. The lowest BCUT2D eigenvalue weighted by atomic mass is 9.98. The monoisotopic (exact) mass is 400 g/mol. The van der Waals surface area contributed by atoms with Gasteiger partial charge in [-0.2, -0.15) is 13.2 Å². The van der Waals surface area contributed by atoms with Crippen LogP contribution in [0.4, 0.5) is 24.9 Å². The number of anilines is 2. The van der Waals surface area contributed by atoms with Crippen molar-refractivity contribution in [3.63, 3.8) is 0 Å². The Bertz CT molecular complexity index is 809. The van der Waals surface area contributed by atoms with E-state index in [4.69, 9.17) is 4.74 Å². The molecule has 1 aliphatic rings. The van der Waals surface area contributed by atoms with E-state index in [-0.39, 0.29) is 19.0 Å². The number of aliphatic hydroxyl groups excluding tert-OH is 2. The number of ether oxygens (including phenoxy) is 1. The van der Waals surface area contributed by atoms with Gasteiger partial charge in [-0.1, -0.05) is 0 Å². The molecule has 4 atom stereocenters. The normalized spacial score (nSPS) is 25.4. The van der Waals surface area contributed by atoms with Crippen LogP contribution in [-0.4, -0.2) is 67.7 Å². The summed E-state index contributed by atoms with van der Waals surface area (Å²) in [6.45, 7) is 1.88. The second-order valence-corrected chi connectivity index (χ2v) is 6.29. The van der Waals surface area contributed by atoms with Gasteiger partial charge in [0.15, 0.2) is 5.69 Å². The predicted octanol–water partition coefficient (Wildman–Crippen LogP) is 0.607. The lowest BCUT2D eigenvalue weighted by Crippen LogP contribution is -2.57. The molecule has 9 nitrogen and oxygen atoms in total. The largest absolute Gasteiger partial charge is 0.434 e. The Morgan fingerprint density at radius 3 is 2.71 bits per heavy atom. The highest BCUT2D eigenvalue weighted by Crippen LogP contribution is 2.28. The first-order valence-corrected chi connectivity index (χ1v) is 8.41. The number of aliphatic hydroxyl groups is 2. The van der Waals surface area contributed by atoms with Crippen molar-refractivity contribution in [2.75, 3.05) is 23.8 Å². The Labute approximate surface area is 158 Å². The summed E-state index contributed by atoms with van der Waals surface area (Å²) < 4.78 is 43.7. The summed E-state index contributed by atoms with van der Waals surface area (Å²) >= 11 is 0. The molecule has 1 saturated heterocycles. The minimum Gasteiger partial charge on any atom is -0.388 e. The molecule has 0 spiro atoms. The van der Waals surface area contributed by atoms with Crippen molar-refractivity contribution < 1.29 is 28.1 Å². The minimum absolute atomic E-state index is 0.0584. The van der Waals surface area contributed by atoms with Crippen LogP contribution in [0.5, 0.6) is 0 Å². The van der Waals surface area contributed by atoms with Crippen LogP contribution in [0.2, 0.25) is 0 Å². The molecule has 0 saturated carbocycles. The summed E-state index contributed by atoms with van der Waals surface area (Å²) in [5, 5.41) is 26.1. The second-order valence-electron chi connectivity index (χ2n) is 6.29. The maximum Gasteiger partial charge on any atom is 0.434 e. The molecule has 0 amide bonds. The van der Waals surface area contributed by atoms with Gasteiger partial charge < -0.3 is 25.6 Å². The lowest BCUT2D eigenvalue weighted by molar-refractivity contribution is -0.141. The van der Waals surface area contributed by atoms with Crippen LogP contribution in [0, 0.1) is 6.92 Å². The highest BCUT2D eigenvalue weighted by Gasteiger charge is 2.39. The summed E-state index contributed by atoms with van der Waals surface area (Å²) in [6, 6.07) is 0.868. The summed E-state index contributed by atoms with van der Waals surface area (Å²) in [7, 11) is 0. The van der Waals surface area contributed by atoms with Crippen molar-refractivity contribution in [1.82, 2.24) is 19.9 Å². The van der Waals surface area contributed by atoms with Gasteiger partial charge >= 0.3 is 6.18 Å². The van der Waals surface area contributed by atoms with E-state index in [9.17, 15) is 23.4 Å². The Hall–Kier alpha value is -2.57. The molecule has 0 aliphatic carbocycles. The molecule has 2 aromatic rings. The third kappa shape index (κ3) is 4.82. The summed E-state index contributed by atoms with van der Waals surface area (Å²) in [5.74, 6) is 0.171. The average Bonchev–Trinajstić information content (AvgIpc) is 2.64. The topological polar surface area (TPSA) is 125 Å². The van der Waals surface area contributed by atoms with Gasteiger partial charge in [0.05, 0.1) is 25.0 Å². The van der Waals surface area contributed by atoms with Crippen molar-refractivity contribution >= 4 is 11.8 Å². The molecular weight excluding hydrogens is 381 g/mol. The quantitative estimate of drug-likeness (QED) is 0.571. The van der Waals surface area contributed by atoms with Gasteiger partial charge in [-0.15, -0.1) is 0 Å². The molecule has 0 aromatic carbocycles. The highest BCUT2D eigenvalue weighted by molar-refractivity contribution is 5.35. The van der Waals surface area contributed by atoms with Crippen LogP contribution < -0.4 is 10.6 Å². The molecule has 3 heterocycles. The van der Waals surface area contributed by atoms with Crippen LogP contribution in [0.15, 0.2) is 24.7 Å². The van der Waals surface area contributed by atoms with Gasteiger partial charge in [0, 0.05) is 18.4 Å². The van der Waals surface area contributed by atoms with Gasteiger partial charge in [-0.05, 0) is 13.0 Å². The second kappa shape index (κ2) is 8.20. The fraction of sp³-hybridized carbons (Fsp3) is 0.500. The van der Waals surface area contributed by atoms with E-state index in [1.54, 1.807) is 19.2 Å². The predicted molar refractivity (Wildman–Crippen MR) is 91.5 cm³/mol. The Morgan fingerprint density at radius 1 is 1.21 bits per heavy atom. The van der Waals surface area contributed by atoms with Crippen LogP contribution in [0.25, 0.3) is 0 Å². The first kappa shape index (κ1) is 20.2. The smallest absolute Gasteiger partial charge is 0.388 e. The molecule has 3 rings (SSSR count). The fourth-order valence-electron chi connectivity index (χ4n) is 2.68. The van der Waals surface area contributed by atoms with Crippen LogP contribution in [-0.2, 0) is 10.9 Å². The van der Waals surface area contributed by atoms with Gasteiger partial charge in [-0.3, -0.25) is 4.98 Å². The number of hydrogen-bond donors (Lipinski definition) is 4. The maximum atomic E-state index is 12.7. The van der Waals surface area contributed by atoms with Crippen LogP contribution in [0.3, 0.4) is 0 Å². The van der Waals surface area contributed by atoms with Crippen molar-refractivity contribution in [3.05, 3.63) is 36.0 Å². The van der Waals surface area contributed by atoms with Crippen molar-refractivity contribution in [1.29, 1.82) is 0 Å². The molecule has 4 N–H and O–H groups in total. The summed E-state index contributed by atoms with van der Waals surface area (Å²) in [4.78, 5) is 15.1. The molecule has 0 unspecified atom stereocenters. The van der Waals surface area contributed by atoms with Gasteiger partial charge in [0.2, 0.25) is 5.95 Å². The molecule has 1 aliphatic heterocycles. The first-order chi connectivity index (χ1) is 13.2. The number of halogens is 3. The van der Waals surface area contributed by atoms with E-state index < -0.39 is 36.2 Å². The number of hydrogen-bond acceptors (Lipinski definition) is 9. The molecule has 2 aromatic heterocycles. The highest BCUT2D eigenvalue weighted by atomic mass is 19.4. The number of nitrogens with one attached hydrogen (secondary N) is 2. The van der Waals surface area contributed by atoms with E-state index in [1.165, 1.54) is 0 Å². The standard InChI is InChI=1S/C16H19F3N6O3/c1-8-2-3-21-15(23-8)22-4-10-14(27)13(26)9(7-28-10)24-12-6-20-5-11(25-12)16(17,18)19/h2-3,5-6,9-10,13-14,26-27H,4,7H2,1H3,(H,24,25)(H,21,22,23)/t9-,10+,13+,14-/m0/s1. The number of nitrogens with zero attached hydrogens (tertiary/aromatic N) is 4. The zero-order chi connectivity index (χ0) is 20.3. The SMILES string of the molecule is Cc1ccnc(NC[C@H]2OC[C@H](Nc3cncc(C(F)(F)F)n3)[C@@H](O)[C@H]2O)n1. The Morgan fingerprint density at radius 2 is 2.00 bits per heavy atom. The van der Waals surface area contributed by atoms with Crippen molar-refractivity contribution in [2.45, 2.75) is 37.5 Å². The minimum atomic E-state index is -4.64. The molecule has 152 valence electrons. The molecule has 1 fully saturated rings. The van der Waals surface area contributed by atoms with Crippen molar-refractivity contribution in [3.8, 4) is 0 Å².